The molecular weight excluding hydrogens is 271 g/mol. The molecule has 18 heavy (non-hydrogen) atoms. The first-order valence-corrected chi connectivity index (χ1v) is 6.27. The van der Waals surface area contributed by atoms with Crippen LogP contribution in [0.3, 0.4) is 0 Å². The molecule has 1 aromatic rings. The van der Waals surface area contributed by atoms with Crippen LogP contribution < -0.4 is 4.18 Å². The minimum Gasteiger partial charge on any atom is -0.376 e. The molecule has 4 nitrogen and oxygen atoms in total. The third kappa shape index (κ3) is 3.88. The van der Waals surface area contributed by atoms with Crippen LogP contribution in [-0.2, 0) is 16.7 Å². The summed E-state index contributed by atoms with van der Waals surface area (Å²) in [5.74, 6) is -0.366. The van der Waals surface area contributed by atoms with E-state index in [1.165, 1.54) is 24.3 Å². The summed E-state index contributed by atoms with van der Waals surface area (Å²) in [6.45, 7) is 0.590. The Hall–Kier alpha value is -1.28. The predicted molar refractivity (Wildman–Crippen MR) is 59.4 cm³/mol. The molecule has 0 aliphatic carbocycles. The number of rotatable bonds is 4. The van der Waals surface area contributed by atoms with Crippen LogP contribution in [0.5, 0.6) is 5.75 Å². The van der Waals surface area contributed by atoms with E-state index in [1.807, 2.05) is 19.0 Å². The van der Waals surface area contributed by atoms with Gasteiger partial charge in [-0.1, -0.05) is 12.1 Å². The van der Waals surface area contributed by atoms with Crippen LogP contribution in [0, 0.1) is 0 Å². The van der Waals surface area contributed by atoms with Crippen molar-refractivity contribution in [1.82, 2.24) is 4.90 Å². The lowest BCUT2D eigenvalue weighted by Crippen LogP contribution is -2.28. The maximum atomic E-state index is 12.1. The summed E-state index contributed by atoms with van der Waals surface area (Å²) in [4.78, 5) is 1.86. The van der Waals surface area contributed by atoms with E-state index in [1.54, 1.807) is 0 Å². The first-order valence-electron chi connectivity index (χ1n) is 4.86. The molecule has 0 aliphatic heterocycles. The second-order valence-electron chi connectivity index (χ2n) is 3.86. The van der Waals surface area contributed by atoms with Crippen molar-refractivity contribution in [3.8, 4) is 5.75 Å². The van der Waals surface area contributed by atoms with Gasteiger partial charge in [-0.3, -0.25) is 0 Å². The third-order valence-corrected chi connectivity index (χ3v) is 2.89. The average molecular weight is 283 g/mol. The monoisotopic (exact) mass is 283 g/mol. The first kappa shape index (κ1) is 14.8. The van der Waals surface area contributed by atoms with Gasteiger partial charge in [0.2, 0.25) is 0 Å². The Morgan fingerprint density at radius 2 is 1.67 bits per heavy atom. The Morgan fingerprint density at radius 3 is 2.06 bits per heavy atom. The Morgan fingerprint density at radius 1 is 1.17 bits per heavy atom. The highest BCUT2D eigenvalue weighted by atomic mass is 32.2. The standard InChI is InChI=1S/C10H12F3NO3S/c1-14(2)7-8-3-5-9(6-4-8)17-18(15,16)10(11,12)13/h3-6H,7H2,1-2H3. The van der Waals surface area contributed by atoms with Crippen LogP contribution in [0.4, 0.5) is 13.2 Å². The number of nitrogens with zero attached hydrogens (tertiary/aromatic N) is 1. The summed E-state index contributed by atoms with van der Waals surface area (Å²) in [5, 5.41) is 0. The molecule has 0 atom stereocenters. The van der Waals surface area contributed by atoms with Gasteiger partial charge in [-0.05, 0) is 31.8 Å². The lowest BCUT2D eigenvalue weighted by Gasteiger charge is -2.11. The Kier molecular flexibility index (Phi) is 4.23. The molecule has 0 saturated carbocycles. The number of halogens is 3. The number of hydrogen-bond donors (Lipinski definition) is 0. The van der Waals surface area contributed by atoms with Crippen molar-refractivity contribution in [3.05, 3.63) is 29.8 Å². The minimum absolute atomic E-state index is 0.366. The molecule has 0 N–H and O–H groups in total. The number of benzene rings is 1. The smallest absolute Gasteiger partial charge is 0.376 e. The third-order valence-electron chi connectivity index (χ3n) is 1.91. The van der Waals surface area contributed by atoms with Gasteiger partial charge in [0.1, 0.15) is 5.75 Å². The van der Waals surface area contributed by atoms with E-state index >= 15 is 0 Å². The zero-order valence-electron chi connectivity index (χ0n) is 9.73. The molecule has 0 spiro atoms. The number of alkyl halides is 3. The second-order valence-corrected chi connectivity index (χ2v) is 5.40. The molecule has 0 amide bonds. The van der Waals surface area contributed by atoms with Gasteiger partial charge >= 0.3 is 15.6 Å². The van der Waals surface area contributed by atoms with Gasteiger partial charge < -0.3 is 9.08 Å². The van der Waals surface area contributed by atoms with Crippen molar-refractivity contribution in [3.63, 3.8) is 0 Å². The molecule has 0 aliphatic rings. The second kappa shape index (κ2) is 5.15. The summed E-state index contributed by atoms with van der Waals surface area (Å²) >= 11 is 0. The van der Waals surface area contributed by atoms with Gasteiger partial charge in [-0.15, -0.1) is 0 Å². The van der Waals surface area contributed by atoms with E-state index in [-0.39, 0.29) is 5.75 Å². The Balaban J connectivity index is 2.82. The quantitative estimate of drug-likeness (QED) is 0.626. The van der Waals surface area contributed by atoms with Gasteiger partial charge in [0.25, 0.3) is 0 Å². The highest BCUT2D eigenvalue weighted by Crippen LogP contribution is 2.26. The average Bonchev–Trinajstić information content (AvgIpc) is 2.18. The van der Waals surface area contributed by atoms with Crippen LogP contribution in [-0.4, -0.2) is 32.9 Å². The molecule has 1 aromatic carbocycles. The van der Waals surface area contributed by atoms with E-state index in [0.717, 1.165) is 5.56 Å². The lowest BCUT2D eigenvalue weighted by molar-refractivity contribution is -0.0500. The van der Waals surface area contributed by atoms with Crippen molar-refractivity contribution in [2.45, 2.75) is 12.1 Å². The van der Waals surface area contributed by atoms with Gasteiger partial charge in [-0.2, -0.15) is 21.6 Å². The Bertz CT molecular complexity index is 494. The summed E-state index contributed by atoms with van der Waals surface area (Å²) in [6.07, 6.45) is 0. The van der Waals surface area contributed by atoms with Crippen molar-refractivity contribution in [2.24, 2.45) is 0 Å². The van der Waals surface area contributed by atoms with Crippen molar-refractivity contribution >= 4 is 10.1 Å². The zero-order valence-corrected chi connectivity index (χ0v) is 10.5. The summed E-state index contributed by atoms with van der Waals surface area (Å²) in [6, 6.07) is 5.37. The molecule has 0 unspecified atom stereocenters. The molecular formula is C10H12F3NO3S. The highest BCUT2D eigenvalue weighted by molar-refractivity contribution is 7.87. The Labute approximate surface area is 103 Å². The molecule has 0 radical (unpaired) electrons. The van der Waals surface area contributed by atoms with Gasteiger partial charge in [0, 0.05) is 6.54 Å². The summed E-state index contributed by atoms with van der Waals surface area (Å²) < 4.78 is 61.6. The van der Waals surface area contributed by atoms with Crippen LogP contribution in [0.15, 0.2) is 24.3 Å². The molecule has 0 aromatic heterocycles. The maximum Gasteiger partial charge on any atom is 0.534 e. The first-order chi connectivity index (χ1) is 8.12. The SMILES string of the molecule is CN(C)Cc1ccc(OS(=O)(=O)C(F)(F)F)cc1. The number of hydrogen-bond acceptors (Lipinski definition) is 4. The van der Waals surface area contributed by atoms with Gasteiger partial charge in [0.05, 0.1) is 0 Å². The van der Waals surface area contributed by atoms with Crippen molar-refractivity contribution in [2.75, 3.05) is 14.1 Å². The van der Waals surface area contributed by atoms with Gasteiger partial charge in [0.15, 0.2) is 0 Å². The normalized spacial score (nSPS) is 12.8. The molecule has 8 heteroatoms. The maximum absolute atomic E-state index is 12.1. The minimum atomic E-state index is -5.60. The van der Waals surface area contributed by atoms with E-state index < -0.39 is 15.6 Å². The molecule has 0 heterocycles. The molecule has 1 rings (SSSR count). The highest BCUT2D eigenvalue weighted by Gasteiger charge is 2.48. The zero-order chi connectivity index (χ0) is 14.0. The molecule has 0 fully saturated rings. The van der Waals surface area contributed by atoms with E-state index in [0.29, 0.717) is 6.54 Å². The van der Waals surface area contributed by atoms with E-state index in [2.05, 4.69) is 4.18 Å². The van der Waals surface area contributed by atoms with Crippen LogP contribution in [0.1, 0.15) is 5.56 Å². The predicted octanol–water partition coefficient (Wildman–Crippen LogP) is 1.98. The van der Waals surface area contributed by atoms with Crippen molar-refractivity contribution < 1.29 is 25.8 Å². The largest absolute Gasteiger partial charge is 0.534 e. The van der Waals surface area contributed by atoms with Gasteiger partial charge in [-0.25, -0.2) is 0 Å². The summed E-state index contributed by atoms with van der Waals surface area (Å²) in [7, 11) is -1.93. The topological polar surface area (TPSA) is 46.6 Å². The fourth-order valence-corrected chi connectivity index (χ4v) is 1.65. The van der Waals surface area contributed by atoms with Crippen LogP contribution in [0.25, 0.3) is 0 Å². The van der Waals surface area contributed by atoms with Crippen LogP contribution >= 0.6 is 0 Å². The van der Waals surface area contributed by atoms with Crippen LogP contribution in [0.2, 0.25) is 0 Å². The lowest BCUT2D eigenvalue weighted by atomic mass is 10.2. The fourth-order valence-electron chi connectivity index (χ4n) is 1.19. The molecule has 102 valence electrons. The fraction of sp³-hybridized carbons (Fsp3) is 0.400. The van der Waals surface area contributed by atoms with E-state index in [9.17, 15) is 21.6 Å². The summed E-state index contributed by atoms with van der Waals surface area (Å²) in [5.41, 5.74) is -4.59. The van der Waals surface area contributed by atoms with Crippen molar-refractivity contribution in [1.29, 1.82) is 0 Å². The van der Waals surface area contributed by atoms with E-state index in [4.69, 9.17) is 0 Å². The molecule has 0 saturated heterocycles. The molecule has 0 bridgehead atoms.